The van der Waals surface area contributed by atoms with Gasteiger partial charge >= 0.3 is 5.97 Å². The molecule has 0 spiro atoms. The predicted molar refractivity (Wildman–Crippen MR) is 111 cm³/mol. The molecule has 6 nitrogen and oxygen atoms in total. The minimum atomic E-state index is -1.24. The first-order valence-corrected chi connectivity index (χ1v) is 9.62. The highest BCUT2D eigenvalue weighted by Gasteiger charge is 2.21. The molecular weight excluding hydrogens is 360 g/mol. The molecule has 0 saturated carbocycles. The van der Waals surface area contributed by atoms with Gasteiger partial charge < -0.3 is 25.5 Å². The number of allylic oxidation sites excluding steroid dienone is 6. The number of carbonyl (C=O) groups is 1. The number of carboxylic acids is 1. The zero-order valence-corrected chi connectivity index (χ0v) is 16.5. The van der Waals surface area contributed by atoms with Crippen molar-refractivity contribution < 1.29 is 30.3 Å². The normalized spacial score (nSPS) is 17.3. The molecule has 0 amide bonds. The second-order valence-electron chi connectivity index (χ2n) is 6.35. The number of aliphatic hydroxyl groups excluding tert-OH is 4. The Morgan fingerprint density at radius 1 is 0.857 bits per heavy atom. The molecule has 0 aliphatic carbocycles. The first-order valence-electron chi connectivity index (χ1n) is 9.62. The SMILES string of the molecule is CCC=CCC(O)C(O)C(O)C=CCC=CC=CC(O)CC=CCCC(=O)O. The van der Waals surface area contributed by atoms with Crippen LogP contribution in [0.15, 0.2) is 60.8 Å². The van der Waals surface area contributed by atoms with Crippen LogP contribution in [0.1, 0.15) is 45.4 Å². The Morgan fingerprint density at radius 3 is 2.25 bits per heavy atom. The lowest BCUT2D eigenvalue weighted by Gasteiger charge is -2.19. The van der Waals surface area contributed by atoms with Crippen molar-refractivity contribution in [1.82, 2.24) is 0 Å². The fourth-order valence-corrected chi connectivity index (χ4v) is 2.17. The number of carboxylic acid groups (broad SMARTS) is 1. The van der Waals surface area contributed by atoms with Gasteiger partial charge in [0, 0.05) is 6.42 Å². The van der Waals surface area contributed by atoms with Crippen LogP contribution in [0.5, 0.6) is 0 Å². The van der Waals surface area contributed by atoms with E-state index in [2.05, 4.69) is 0 Å². The summed E-state index contributed by atoms with van der Waals surface area (Å²) in [5, 5.41) is 47.7. The van der Waals surface area contributed by atoms with Gasteiger partial charge in [-0.15, -0.1) is 0 Å². The molecule has 0 aliphatic heterocycles. The van der Waals surface area contributed by atoms with Crippen molar-refractivity contribution in [3.63, 3.8) is 0 Å². The average Bonchev–Trinajstić information content (AvgIpc) is 2.65. The molecule has 28 heavy (non-hydrogen) atoms. The van der Waals surface area contributed by atoms with E-state index in [1.807, 2.05) is 19.1 Å². The Hall–Kier alpha value is -1.99. The van der Waals surface area contributed by atoms with Gasteiger partial charge in [0.05, 0.1) is 12.2 Å². The van der Waals surface area contributed by atoms with Crippen LogP contribution in [-0.4, -0.2) is 55.9 Å². The van der Waals surface area contributed by atoms with Crippen molar-refractivity contribution in [2.24, 2.45) is 0 Å². The molecule has 0 aromatic heterocycles. The Labute approximate surface area is 167 Å². The highest BCUT2D eigenvalue weighted by atomic mass is 16.4. The summed E-state index contributed by atoms with van der Waals surface area (Å²) in [6.07, 6.45) is 15.8. The fourth-order valence-electron chi connectivity index (χ4n) is 2.17. The molecule has 0 bridgehead atoms. The van der Waals surface area contributed by atoms with Crippen LogP contribution in [0.4, 0.5) is 0 Å². The van der Waals surface area contributed by atoms with E-state index < -0.39 is 30.4 Å². The third-order valence-electron chi connectivity index (χ3n) is 3.78. The largest absolute Gasteiger partial charge is 0.481 e. The summed E-state index contributed by atoms with van der Waals surface area (Å²) < 4.78 is 0. The molecule has 0 aromatic carbocycles. The van der Waals surface area contributed by atoms with Gasteiger partial charge in [-0.2, -0.15) is 0 Å². The van der Waals surface area contributed by atoms with Gasteiger partial charge in [0.25, 0.3) is 0 Å². The highest BCUT2D eigenvalue weighted by Crippen LogP contribution is 2.07. The molecule has 0 heterocycles. The highest BCUT2D eigenvalue weighted by molar-refractivity contribution is 5.66. The summed E-state index contributed by atoms with van der Waals surface area (Å²) in [5.41, 5.74) is 0. The van der Waals surface area contributed by atoms with Gasteiger partial charge in [0.1, 0.15) is 12.2 Å². The summed E-state index contributed by atoms with van der Waals surface area (Å²) >= 11 is 0. The van der Waals surface area contributed by atoms with Gasteiger partial charge in [-0.25, -0.2) is 0 Å². The van der Waals surface area contributed by atoms with Gasteiger partial charge in [0.15, 0.2) is 0 Å². The molecule has 0 rings (SSSR count). The lowest BCUT2D eigenvalue weighted by atomic mass is 10.0. The minimum absolute atomic E-state index is 0.0826. The van der Waals surface area contributed by atoms with Crippen LogP contribution in [0.25, 0.3) is 0 Å². The number of hydrogen-bond donors (Lipinski definition) is 5. The summed E-state index contributed by atoms with van der Waals surface area (Å²) in [5.74, 6) is -0.841. The smallest absolute Gasteiger partial charge is 0.303 e. The molecule has 0 fully saturated rings. The average molecular weight is 395 g/mol. The van der Waals surface area contributed by atoms with Gasteiger partial charge in [-0.1, -0.05) is 67.7 Å². The van der Waals surface area contributed by atoms with Gasteiger partial charge in [-0.05, 0) is 32.1 Å². The van der Waals surface area contributed by atoms with E-state index in [4.69, 9.17) is 5.11 Å². The molecule has 0 saturated heterocycles. The topological polar surface area (TPSA) is 118 Å². The molecule has 0 aliphatic rings. The molecule has 6 heteroatoms. The summed E-state index contributed by atoms with van der Waals surface area (Å²) in [6, 6.07) is 0. The van der Waals surface area contributed by atoms with Gasteiger partial charge in [0.2, 0.25) is 0 Å². The Kier molecular flexibility index (Phi) is 15.9. The quantitative estimate of drug-likeness (QED) is 0.215. The lowest BCUT2D eigenvalue weighted by molar-refractivity contribution is -0.136. The minimum Gasteiger partial charge on any atom is -0.481 e. The maximum atomic E-state index is 10.3. The van der Waals surface area contributed by atoms with E-state index in [0.29, 0.717) is 25.7 Å². The van der Waals surface area contributed by atoms with E-state index in [0.717, 1.165) is 6.42 Å². The molecule has 5 N–H and O–H groups in total. The van der Waals surface area contributed by atoms with Crippen LogP contribution >= 0.6 is 0 Å². The standard InChI is InChI=1S/C22H34O6/c1-2-3-8-15-19(24)22(28)20(25)16-11-6-4-5-9-13-18(23)14-10-7-12-17-21(26)27/h3-5,7-11,13,16,18-20,22-25,28H,2,6,12,14-15,17H2,1H3,(H,26,27). The Bertz CT molecular complexity index is 547. The maximum Gasteiger partial charge on any atom is 0.303 e. The van der Waals surface area contributed by atoms with Crippen LogP contribution in [-0.2, 0) is 4.79 Å². The summed E-state index contributed by atoms with van der Waals surface area (Å²) in [4.78, 5) is 10.3. The molecular formula is C22H34O6. The first-order chi connectivity index (χ1) is 13.4. The monoisotopic (exact) mass is 394 g/mol. The van der Waals surface area contributed by atoms with Crippen molar-refractivity contribution >= 4 is 5.97 Å². The van der Waals surface area contributed by atoms with Crippen molar-refractivity contribution in [1.29, 1.82) is 0 Å². The third-order valence-corrected chi connectivity index (χ3v) is 3.78. The second-order valence-corrected chi connectivity index (χ2v) is 6.35. The zero-order valence-electron chi connectivity index (χ0n) is 16.5. The molecule has 0 aromatic rings. The molecule has 4 atom stereocenters. The van der Waals surface area contributed by atoms with E-state index in [1.54, 1.807) is 42.5 Å². The van der Waals surface area contributed by atoms with Crippen molar-refractivity contribution in [3.8, 4) is 0 Å². The van der Waals surface area contributed by atoms with Crippen molar-refractivity contribution in [2.45, 2.75) is 69.9 Å². The van der Waals surface area contributed by atoms with Gasteiger partial charge in [-0.3, -0.25) is 4.79 Å². The summed E-state index contributed by atoms with van der Waals surface area (Å²) in [7, 11) is 0. The Morgan fingerprint density at radius 2 is 1.57 bits per heavy atom. The van der Waals surface area contributed by atoms with Crippen LogP contribution < -0.4 is 0 Å². The third kappa shape index (κ3) is 15.1. The molecule has 0 radical (unpaired) electrons. The predicted octanol–water partition coefficient (Wildman–Crippen LogP) is 2.66. The van der Waals surface area contributed by atoms with E-state index in [-0.39, 0.29) is 6.42 Å². The van der Waals surface area contributed by atoms with Crippen LogP contribution in [0.2, 0.25) is 0 Å². The first kappa shape index (κ1) is 26.0. The molecule has 158 valence electrons. The van der Waals surface area contributed by atoms with Crippen molar-refractivity contribution in [3.05, 3.63) is 60.8 Å². The van der Waals surface area contributed by atoms with Crippen LogP contribution in [0, 0.1) is 0 Å². The maximum absolute atomic E-state index is 10.3. The fraction of sp³-hybridized carbons (Fsp3) is 0.500. The number of rotatable bonds is 15. The Balaban J connectivity index is 4.06. The number of aliphatic carboxylic acids is 1. The van der Waals surface area contributed by atoms with E-state index in [9.17, 15) is 25.2 Å². The lowest BCUT2D eigenvalue weighted by Crippen LogP contribution is -2.35. The number of hydrogen-bond acceptors (Lipinski definition) is 5. The second kappa shape index (κ2) is 17.1. The van der Waals surface area contributed by atoms with E-state index in [1.165, 1.54) is 6.08 Å². The van der Waals surface area contributed by atoms with Crippen molar-refractivity contribution in [2.75, 3.05) is 0 Å². The molecule has 4 unspecified atom stereocenters. The van der Waals surface area contributed by atoms with E-state index >= 15 is 0 Å². The number of aliphatic hydroxyl groups is 4. The summed E-state index contributed by atoms with van der Waals surface area (Å²) in [6.45, 7) is 1.97. The zero-order chi connectivity index (χ0) is 21.2. The van der Waals surface area contributed by atoms with Crippen LogP contribution in [0.3, 0.4) is 0 Å².